The lowest BCUT2D eigenvalue weighted by Crippen LogP contribution is -3.19. The van der Waals surface area contributed by atoms with Crippen molar-refractivity contribution in [2.75, 3.05) is 36.4 Å². The number of amides is 1. The second-order valence-electron chi connectivity index (χ2n) is 6.57. The Kier molecular flexibility index (Phi) is 4.98. The number of carbonyl (C=O) groups excluding carboxylic acids is 1. The Hall–Kier alpha value is -2.48. The molecule has 1 aliphatic heterocycles. The van der Waals surface area contributed by atoms with E-state index in [-0.39, 0.29) is 11.9 Å². The van der Waals surface area contributed by atoms with Crippen molar-refractivity contribution in [3.05, 3.63) is 29.8 Å². The summed E-state index contributed by atoms with van der Waals surface area (Å²) in [6.07, 6.45) is 3.52. The highest BCUT2D eigenvalue weighted by Gasteiger charge is 2.30. The van der Waals surface area contributed by atoms with Gasteiger partial charge >= 0.3 is 0 Å². The molecule has 0 saturated carbocycles. The first kappa shape index (κ1) is 17.3. The molecule has 8 heteroatoms. The SMILES string of the molecule is Cc1nn(C)c(C)c1NC(=O)[C@@H](C)[NH+]1CCN(c2ncccn2)CC1. The summed E-state index contributed by atoms with van der Waals surface area (Å²) < 4.78 is 1.79. The molecule has 0 aromatic carbocycles. The van der Waals surface area contributed by atoms with E-state index < -0.39 is 0 Å². The smallest absolute Gasteiger partial charge is 0.282 e. The van der Waals surface area contributed by atoms with Crippen LogP contribution in [-0.2, 0) is 11.8 Å². The molecule has 2 N–H and O–H groups in total. The summed E-state index contributed by atoms with van der Waals surface area (Å²) in [6.45, 7) is 9.34. The number of anilines is 2. The third kappa shape index (κ3) is 3.63. The second-order valence-corrected chi connectivity index (χ2v) is 6.57. The fourth-order valence-electron chi connectivity index (χ4n) is 3.25. The molecule has 2 aromatic rings. The van der Waals surface area contributed by atoms with Crippen LogP contribution in [0.4, 0.5) is 11.6 Å². The Morgan fingerprint density at radius 1 is 1.24 bits per heavy atom. The first-order chi connectivity index (χ1) is 12.0. The van der Waals surface area contributed by atoms with E-state index in [9.17, 15) is 4.79 Å². The molecular formula is C17H26N7O+. The summed E-state index contributed by atoms with van der Waals surface area (Å²) in [5.74, 6) is 0.805. The fourth-order valence-corrected chi connectivity index (χ4v) is 3.25. The highest BCUT2D eigenvalue weighted by Crippen LogP contribution is 2.18. The Bertz CT molecular complexity index is 735. The number of nitrogens with one attached hydrogen (secondary N) is 2. The van der Waals surface area contributed by atoms with E-state index in [0.717, 1.165) is 49.2 Å². The lowest BCUT2D eigenvalue weighted by atomic mass is 10.2. The van der Waals surface area contributed by atoms with Crippen LogP contribution in [0, 0.1) is 13.8 Å². The topological polar surface area (TPSA) is 80.4 Å². The summed E-state index contributed by atoms with van der Waals surface area (Å²) in [7, 11) is 1.89. The number of aryl methyl sites for hydroxylation is 2. The van der Waals surface area contributed by atoms with E-state index >= 15 is 0 Å². The second kappa shape index (κ2) is 7.18. The number of hydrogen-bond donors (Lipinski definition) is 2. The molecule has 2 aromatic heterocycles. The Morgan fingerprint density at radius 2 is 1.88 bits per heavy atom. The molecule has 0 spiro atoms. The van der Waals surface area contributed by atoms with Crippen LogP contribution >= 0.6 is 0 Å². The Labute approximate surface area is 147 Å². The summed E-state index contributed by atoms with van der Waals surface area (Å²) in [5.41, 5.74) is 2.65. The third-order valence-electron chi connectivity index (χ3n) is 5.00. The standard InChI is InChI=1S/C17H25N7O/c1-12-15(13(2)22(4)21-12)20-16(25)14(3)23-8-10-24(11-9-23)17-18-6-5-7-19-17/h5-7,14H,8-11H2,1-4H3,(H,20,25)/p+1/t14-/m1/s1. The van der Waals surface area contributed by atoms with Gasteiger partial charge in [0.2, 0.25) is 5.95 Å². The van der Waals surface area contributed by atoms with Gasteiger partial charge in [0.25, 0.3) is 5.91 Å². The zero-order chi connectivity index (χ0) is 18.0. The van der Waals surface area contributed by atoms with Crippen molar-refractivity contribution in [1.82, 2.24) is 19.7 Å². The van der Waals surface area contributed by atoms with E-state index in [4.69, 9.17) is 0 Å². The van der Waals surface area contributed by atoms with Crippen molar-refractivity contribution < 1.29 is 9.69 Å². The molecule has 0 bridgehead atoms. The molecule has 1 atom stereocenters. The van der Waals surface area contributed by atoms with Crippen molar-refractivity contribution in [2.24, 2.45) is 7.05 Å². The minimum atomic E-state index is -0.113. The molecule has 134 valence electrons. The molecule has 0 unspecified atom stereocenters. The molecule has 3 heterocycles. The molecule has 0 radical (unpaired) electrons. The predicted octanol–water partition coefficient (Wildman–Crippen LogP) is -0.441. The Morgan fingerprint density at radius 3 is 2.44 bits per heavy atom. The largest absolute Gasteiger partial charge is 0.330 e. The van der Waals surface area contributed by atoms with E-state index in [1.807, 2.05) is 33.9 Å². The summed E-state index contributed by atoms with van der Waals surface area (Å²) in [4.78, 5) is 24.7. The van der Waals surface area contributed by atoms with Gasteiger partial charge in [0.15, 0.2) is 6.04 Å². The minimum absolute atomic E-state index is 0.0404. The molecule has 8 nitrogen and oxygen atoms in total. The van der Waals surface area contributed by atoms with Crippen LogP contribution in [0.15, 0.2) is 18.5 Å². The highest BCUT2D eigenvalue weighted by atomic mass is 16.2. The average molecular weight is 344 g/mol. The number of hydrogen-bond acceptors (Lipinski definition) is 5. The van der Waals surface area contributed by atoms with Gasteiger partial charge in [-0.3, -0.25) is 9.48 Å². The molecule has 3 rings (SSSR count). The average Bonchev–Trinajstić information content (AvgIpc) is 2.88. The highest BCUT2D eigenvalue weighted by molar-refractivity contribution is 5.94. The molecular weight excluding hydrogens is 318 g/mol. The van der Waals surface area contributed by atoms with Crippen LogP contribution in [0.1, 0.15) is 18.3 Å². The normalized spacial score (nSPS) is 16.7. The van der Waals surface area contributed by atoms with Crippen molar-refractivity contribution >= 4 is 17.5 Å². The third-order valence-corrected chi connectivity index (χ3v) is 5.00. The first-order valence-electron chi connectivity index (χ1n) is 8.65. The summed E-state index contributed by atoms with van der Waals surface area (Å²) in [5, 5.41) is 7.41. The maximum Gasteiger partial charge on any atom is 0.282 e. The lowest BCUT2D eigenvalue weighted by Gasteiger charge is -2.34. The van der Waals surface area contributed by atoms with Crippen LogP contribution in [0.3, 0.4) is 0 Å². The lowest BCUT2D eigenvalue weighted by molar-refractivity contribution is -0.914. The van der Waals surface area contributed by atoms with E-state index in [1.54, 1.807) is 17.1 Å². The molecule has 1 saturated heterocycles. The minimum Gasteiger partial charge on any atom is -0.330 e. The van der Waals surface area contributed by atoms with E-state index in [1.165, 1.54) is 4.90 Å². The van der Waals surface area contributed by atoms with Crippen molar-refractivity contribution in [2.45, 2.75) is 26.8 Å². The molecule has 1 fully saturated rings. The first-order valence-corrected chi connectivity index (χ1v) is 8.65. The van der Waals surface area contributed by atoms with Gasteiger partial charge in [-0.15, -0.1) is 0 Å². The van der Waals surface area contributed by atoms with Crippen LogP contribution in [0.5, 0.6) is 0 Å². The van der Waals surface area contributed by atoms with Gasteiger partial charge < -0.3 is 15.1 Å². The van der Waals surface area contributed by atoms with Crippen molar-refractivity contribution in [1.29, 1.82) is 0 Å². The maximum atomic E-state index is 12.7. The van der Waals surface area contributed by atoms with Crippen LogP contribution in [0.25, 0.3) is 0 Å². The summed E-state index contributed by atoms with van der Waals surface area (Å²) >= 11 is 0. The number of piperazine rings is 1. The van der Waals surface area contributed by atoms with Gasteiger partial charge in [-0.25, -0.2) is 9.97 Å². The van der Waals surface area contributed by atoms with E-state index in [2.05, 4.69) is 25.3 Å². The van der Waals surface area contributed by atoms with E-state index in [0.29, 0.717) is 0 Å². The molecule has 25 heavy (non-hydrogen) atoms. The number of nitrogens with zero attached hydrogens (tertiary/aromatic N) is 5. The van der Waals surface area contributed by atoms with Crippen molar-refractivity contribution in [3.63, 3.8) is 0 Å². The number of rotatable bonds is 4. The number of carbonyl (C=O) groups is 1. The molecule has 1 aliphatic rings. The zero-order valence-corrected chi connectivity index (χ0v) is 15.3. The van der Waals surface area contributed by atoms with Crippen molar-refractivity contribution in [3.8, 4) is 0 Å². The number of aromatic nitrogens is 4. The fraction of sp³-hybridized carbons (Fsp3) is 0.529. The zero-order valence-electron chi connectivity index (χ0n) is 15.3. The Balaban J connectivity index is 1.58. The van der Waals surface area contributed by atoms with Crippen LogP contribution < -0.4 is 15.1 Å². The van der Waals surface area contributed by atoms with Gasteiger partial charge in [0.05, 0.1) is 43.3 Å². The van der Waals surface area contributed by atoms with Gasteiger partial charge in [0, 0.05) is 19.4 Å². The quantitative estimate of drug-likeness (QED) is 0.786. The van der Waals surface area contributed by atoms with Gasteiger partial charge in [0.1, 0.15) is 0 Å². The molecule has 0 aliphatic carbocycles. The predicted molar refractivity (Wildman–Crippen MR) is 95.7 cm³/mol. The van der Waals surface area contributed by atoms with Crippen LogP contribution in [0.2, 0.25) is 0 Å². The monoisotopic (exact) mass is 344 g/mol. The van der Waals surface area contributed by atoms with Crippen LogP contribution in [-0.4, -0.2) is 57.9 Å². The number of quaternary nitrogens is 1. The molecule has 1 amide bonds. The maximum absolute atomic E-state index is 12.7. The summed E-state index contributed by atoms with van der Waals surface area (Å²) in [6, 6.07) is 1.71. The van der Waals surface area contributed by atoms with Gasteiger partial charge in [-0.2, -0.15) is 5.10 Å². The van der Waals surface area contributed by atoms with Gasteiger partial charge in [-0.05, 0) is 26.8 Å². The van der Waals surface area contributed by atoms with Gasteiger partial charge in [-0.1, -0.05) is 0 Å².